The summed E-state index contributed by atoms with van der Waals surface area (Å²) in [7, 11) is 0. The maximum atomic E-state index is 12.6. The van der Waals surface area contributed by atoms with E-state index < -0.39 is 12.1 Å². The molecule has 9 heteroatoms. The van der Waals surface area contributed by atoms with Gasteiger partial charge >= 0.3 is 0 Å². The minimum absolute atomic E-state index is 0.00443. The van der Waals surface area contributed by atoms with Crippen molar-refractivity contribution in [2.45, 2.75) is 57.2 Å². The number of pyridine rings is 1. The number of hydrogen-bond acceptors (Lipinski definition) is 8. The number of benzene rings is 3. The fourth-order valence-electron chi connectivity index (χ4n) is 6.95. The van der Waals surface area contributed by atoms with Crippen molar-refractivity contribution in [2.24, 2.45) is 5.92 Å². The number of nitrogens with one attached hydrogen (secondary N) is 1. The van der Waals surface area contributed by atoms with Crippen molar-refractivity contribution in [1.82, 2.24) is 15.2 Å². The zero-order valence-electron chi connectivity index (χ0n) is 27.3. The summed E-state index contributed by atoms with van der Waals surface area (Å²) in [5.74, 6) is -0.477. The van der Waals surface area contributed by atoms with Gasteiger partial charge < -0.3 is 34.3 Å². The van der Waals surface area contributed by atoms with Gasteiger partial charge in [0.2, 0.25) is 0 Å². The average molecular weight is 650 g/mol. The van der Waals surface area contributed by atoms with Gasteiger partial charge in [-0.25, -0.2) is 0 Å². The van der Waals surface area contributed by atoms with E-state index in [1.807, 2.05) is 30.3 Å². The molecule has 48 heavy (non-hydrogen) atoms. The fraction of sp³-hybridized carbons (Fsp3) is 0.385. The van der Waals surface area contributed by atoms with E-state index in [9.17, 15) is 9.90 Å². The molecule has 3 aliphatic heterocycles. The number of piperidine rings is 1. The third-order valence-electron chi connectivity index (χ3n) is 9.79. The Labute approximate surface area is 281 Å². The summed E-state index contributed by atoms with van der Waals surface area (Å²) in [6, 6.07) is 28.1. The molecule has 1 amide bonds. The monoisotopic (exact) mass is 649 g/mol. The number of likely N-dealkylation sites (tertiary alicyclic amines) is 1. The van der Waals surface area contributed by atoms with Gasteiger partial charge in [-0.15, -0.1) is 0 Å². The minimum atomic E-state index is -0.562. The summed E-state index contributed by atoms with van der Waals surface area (Å²) >= 11 is 0. The van der Waals surface area contributed by atoms with Crippen molar-refractivity contribution in [3.63, 3.8) is 0 Å². The Bertz CT molecular complexity index is 1670. The highest BCUT2D eigenvalue weighted by Crippen LogP contribution is 2.43. The highest BCUT2D eigenvalue weighted by Gasteiger charge is 2.43. The van der Waals surface area contributed by atoms with Crippen LogP contribution in [-0.2, 0) is 32.1 Å². The van der Waals surface area contributed by atoms with Gasteiger partial charge in [0, 0.05) is 62.9 Å². The number of amides is 1. The van der Waals surface area contributed by atoms with Crippen LogP contribution in [0, 0.1) is 5.92 Å². The smallest absolute Gasteiger partial charge is 0.253 e. The van der Waals surface area contributed by atoms with Crippen molar-refractivity contribution in [1.29, 1.82) is 0 Å². The maximum absolute atomic E-state index is 12.6. The van der Waals surface area contributed by atoms with Gasteiger partial charge in [0.25, 0.3) is 5.91 Å². The standard InChI is InChI=1S/C39H43N3O6/c1-27-35(25-42-17-14-39(15-18-42)45-19-20-46-39)47-38(48-36(27)30-12-10-28(26-43)11-13-30)33-8-3-7-32(22-33)31-6-2-5-29(21-31)23-41-37(44)34-9-4-16-40-24-34/h2-13,16,21-22,24,27,35-36,38,43H,14-15,17-20,23,25-26H2,1H3,(H,41,44)/t27-,35+,36+,38+/m0/s1. The molecule has 1 spiro atoms. The van der Waals surface area contributed by atoms with Crippen molar-refractivity contribution in [3.8, 4) is 11.1 Å². The third kappa shape index (κ3) is 7.37. The van der Waals surface area contributed by atoms with E-state index in [0.717, 1.165) is 65.9 Å². The number of aliphatic hydroxyl groups is 1. The van der Waals surface area contributed by atoms with E-state index in [1.165, 1.54) is 0 Å². The molecular weight excluding hydrogens is 606 g/mol. The molecule has 7 rings (SSSR count). The molecule has 2 N–H and O–H groups in total. The zero-order chi connectivity index (χ0) is 32.9. The number of rotatable bonds is 9. The summed E-state index contributed by atoms with van der Waals surface area (Å²) in [6.07, 6.45) is 4.11. The Hall–Kier alpha value is -3.96. The molecule has 4 atom stereocenters. The number of carbonyl (C=O) groups is 1. The van der Waals surface area contributed by atoms with Crippen molar-refractivity contribution in [2.75, 3.05) is 32.8 Å². The van der Waals surface area contributed by atoms with Gasteiger partial charge in [0.1, 0.15) is 0 Å². The first-order chi connectivity index (χ1) is 23.5. The lowest BCUT2D eigenvalue weighted by atomic mass is 9.89. The molecule has 0 bridgehead atoms. The predicted octanol–water partition coefficient (Wildman–Crippen LogP) is 5.80. The number of aromatic nitrogens is 1. The Kier molecular flexibility index (Phi) is 9.95. The second-order valence-electron chi connectivity index (χ2n) is 13.0. The highest BCUT2D eigenvalue weighted by atomic mass is 16.7. The first kappa shape index (κ1) is 32.6. The van der Waals surface area contributed by atoms with Gasteiger partial charge in [0.15, 0.2) is 12.1 Å². The Morgan fingerprint density at radius 2 is 1.65 bits per heavy atom. The maximum Gasteiger partial charge on any atom is 0.253 e. The summed E-state index contributed by atoms with van der Waals surface area (Å²) < 4.78 is 25.5. The lowest BCUT2D eigenvalue weighted by Gasteiger charge is -2.44. The average Bonchev–Trinajstić information content (AvgIpc) is 3.61. The zero-order valence-corrected chi connectivity index (χ0v) is 27.3. The topological polar surface area (TPSA) is 102 Å². The minimum Gasteiger partial charge on any atom is -0.392 e. The molecule has 0 aliphatic carbocycles. The normalized spacial score (nSPS) is 24.0. The van der Waals surface area contributed by atoms with Crippen molar-refractivity contribution >= 4 is 5.91 Å². The van der Waals surface area contributed by atoms with Crippen LogP contribution in [0.5, 0.6) is 0 Å². The van der Waals surface area contributed by atoms with E-state index in [4.69, 9.17) is 18.9 Å². The van der Waals surface area contributed by atoms with Gasteiger partial charge in [-0.05, 0) is 52.1 Å². The highest BCUT2D eigenvalue weighted by molar-refractivity contribution is 5.93. The van der Waals surface area contributed by atoms with Crippen LogP contribution in [-0.4, -0.2) is 65.6 Å². The van der Waals surface area contributed by atoms with E-state index in [-0.39, 0.29) is 30.6 Å². The summed E-state index contributed by atoms with van der Waals surface area (Å²) in [4.78, 5) is 19.1. The molecular formula is C39H43N3O6. The molecule has 3 aliphatic rings. The molecule has 9 nitrogen and oxygen atoms in total. The van der Waals surface area contributed by atoms with Crippen LogP contribution >= 0.6 is 0 Å². The lowest BCUT2D eigenvalue weighted by molar-refractivity contribution is -0.278. The number of aliphatic hydroxyl groups excluding tert-OH is 1. The molecule has 4 aromatic rings. The Morgan fingerprint density at radius 1 is 0.896 bits per heavy atom. The van der Waals surface area contributed by atoms with Gasteiger partial charge in [-0.2, -0.15) is 0 Å². The van der Waals surface area contributed by atoms with Crippen molar-refractivity contribution < 1.29 is 28.8 Å². The molecule has 3 aromatic carbocycles. The molecule has 3 fully saturated rings. The summed E-state index contributed by atoms with van der Waals surface area (Å²) in [5.41, 5.74) is 6.50. The second-order valence-corrected chi connectivity index (χ2v) is 13.0. The van der Waals surface area contributed by atoms with Crippen LogP contribution in [0.2, 0.25) is 0 Å². The predicted molar refractivity (Wildman–Crippen MR) is 181 cm³/mol. The Balaban J connectivity index is 1.09. The molecule has 250 valence electrons. The van der Waals surface area contributed by atoms with E-state index >= 15 is 0 Å². The van der Waals surface area contributed by atoms with E-state index in [2.05, 4.69) is 64.6 Å². The van der Waals surface area contributed by atoms with Gasteiger partial charge in [0.05, 0.1) is 37.6 Å². The number of ether oxygens (including phenoxy) is 4. The molecule has 0 saturated carbocycles. The summed E-state index contributed by atoms with van der Waals surface area (Å²) in [6.45, 7) is 6.52. The molecule has 4 heterocycles. The van der Waals surface area contributed by atoms with Crippen LogP contribution < -0.4 is 5.32 Å². The van der Waals surface area contributed by atoms with Gasteiger partial charge in [-0.3, -0.25) is 9.78 Å². The van der Waals surface area contributed by atoms with Gasteiger partial charge in [-0.1, -0.05) is 67.6 Å². The van der Waals surface area contributed by atoms with Crippen LogP contribution in [0.4, 0.5) is 0 Å². The Morgan fingerprint density at radius 3 is 2.38 bits per heavy atom. The van der Waals surface area contributed by atoms with E-state index in [0.29, 0.717) is 25.3 Å². The largest absolute Gasteiger partial charge is 0.392 e. The lowest BCUT2D eigenvalue weighted by Crippen LogP contribution is -2.50. The fourth-order valence-corrected chi connectivity index (χ4v) is 6.95. The molecule has 3 saturated heterocycles. The number of carbonyl (C=O) groups excluding carboxylic acids is 1. The SMILES string of the molecule is C[C@H]1[C@@H](CN2CCC3(CC2)OCCO3)O[C@@H](c2cccc(-c3cccc(CNC(=O)c4cccnc4)c3)c2)O[C@H]1c1ccc(CO)cc1. The number of nitrogens with zero attached hydrogens (tertiary/aromatic N) is 2. The molecule has 0 unspecified atom stereocenters. The van der Waals surface area contributed by atoms with E-state index in [1.54, 1.807) is 24.5 Å². The van der Waals surface area contributed by atoms with Crippen LogP contribution in [0.15, 0.2) is 97.3 Å². The third-order valence-corrected chi connectivity index (χ3v) is 9.79. The first-order valence-corrected chi connectivity index (χ1v) is 16.9. The summed E-state index contributed by atoms with van der Waals surface area (Å²) in [5, 5.41) is 12.6. The first-order valence-electron chi connectivity index (χ1n) is 16.9. The molecule has 1 aromatic heterocycles. The quantitative estimate of drug-likeness (QED) is 0.235. The number of hydrogen-bond donors (Lipinski definition) is 2. The van der Waals surface area contributed by atoms with Crippen LogP contribution in [0.25, 0.3) is 11.1 Å². The van der Waals surface area contributed by atoms with Crippen molar-refractivity contribution in [3.05, 3.63) is 125 Å². The molecule has 0 radical (unpaired) electrons. The van der Waals surface area contributed by atoms with Crippen LogP contribution in [0.3, 0.4) is 0 Å². The second kappa shape index (κ2) is 14.7. The van der Waals surface area contributed by atoms with Crippen LogP contribution in [0.1, 0.15) is 64.8 Å².